The van der Waals surface area contributed by atoms with Gasteiger partial charge in [0.1, 0.15) is 11.5 Å². The number of hydrogen-bond donors (Lipinski definition) is 2. The van der Waals surface area contributed by atoms with Crippen LogP contribution in [0.4, 0.5) is 5.69 Å². The molecule has 0 aliphatic carbocycles. The summed E-state index contributed by atoms with van der Waals surface area (Å²) in [6.45, 7) is 7.54. The quantitative estimate of drug-likeness (QED) is 0.457. The molecule has 5 nitrogen and oxygen atoms in total. The molecule has 2 N–H and O–H groups in total. The van der Waals surface area contributed by atoms with Crippen molar-refractivity contribution in [2.45, 2.75) is 33.6 Å². The largest absolute Gasteiger partial charge is 0.493 e. The van der Waals surface area contributed by atoms with Crippen LogP contribution in [0.5, 0.6) is 11.5 Å². The fourth-order valence-electron chi connectivity index (χ4n) is 2.34. The van der Waals surface area contributed by atoms with Gasteiger partial charge in [0.25, 0.3) is 5.91 Å². The molecule has 2 rings (SSSR count). The van der Waals surface area contributed by atoms with Gasteiger partial charge in [0, 0.05) is 5.69 Å². The van der Waals surface area contributed by atoms with Crippen LogP contribution in [0.1, 0.15) is 44.0 Å². The Balaban J connectivity index is 1.91. The van der Waals surface area contributed by atoms with E-state index in [0.29, 0.717) is 30.4 Å². The van der Waals surface area contributed by atoms with Crippen molar-refractivity contribution in [2.24, 2.45) is 5.92 Å². The molecule has 2 aromatic rings. The molecular weight excluding hydrogens is 372 g/mol. The van der Waals surface area contributed by atoms with Crippen LogP contribution in [0.15, 0.2) is 48.5 Å². The minimum Gasteiger partial charge on any atom is -0.493 e. The molecule has 28 heavy (non-hydrogen) atoms. The van der Waals surface area contributed by atoms with Crippen LogP contribution in [0.2, 0.25) is 0 Å². The molecule has 0 fully saturated rings. The van der Waals surface area contributed by atoms with E-state index in [1.54, 1.807) is 18.2 Å². The van der Waals surface area contributed by atoms with Crippen LogP contribution in [-0.2, 0) is 0 Å². The Morgan fingerprint density at radius 2 is 1.79 bits per heavy atom. The summed E-state index contributed by atoms with van der Waals surface area (Å²) in [5, 5.41) is 5.94. The Labute approximate surface area is 172 Å². The highest BCUT2D eigenvalue weighted by Gasteiger charge is 2.13. The number of benzene rings is 2. The molecule has 0 bridgehead atoms. The zero-order chi connectivity index (χ0) is 20.4. The van der Waals surface area contributed by atoms with Crippen LogP contribution in [-0.4, -0.2) is 24.2 Å². The molecule has 0 aromatic heterocycles. The van der Waals surface area contributed by atoms with Crippen molar-refractivity contribution >= 4 is 28.9 Å². The highest BCUT2D eigenvalue weighted by molar-refractivity contribution is 7.80. The highest BCUT2D eigenvalue weighted by atomic mass is 32.1. The van der Waals surface area contributed by atoms with E-state index in [2.05, 4.69) is 31.4 Å². The lowest BCUT2D eigenvalue weighted by Crippen LogP contribution is -2.34. The molecule has 0 unspecified atom stereocenters. The topological polar surface area (TPSA) is 59.6 Å². The van der Waals surface area contributed by atoms with E-state index in [1.807, 2.05) is 30.3 Å². The maximum absolute atomic E-state index is 12.6. The smallest absolute Gasteiger partial charge is 0.261 e. The van der Waals surface area contributed by atoms with Crippen molar-refractivity contribution in [3.05, 3.63) is 54.1 Å². The second-order valence-electron chi connectivity index (χ2n) is 6.84. The summed E-state index contributed by atoms with van der Waals surface area (Å²) in [6, 6.07) is 14.6. The number of unbranched alkanes of at least 4 members (excludes halogenated alkanes) is 1. The number of carbonyl (C=O) groups excluding carboxylic acids is 1. The van der Waals surface area contributed by atoms with E-state index in [1.165, 1.54) is 0 Å². The molecule has 1 amide bonds. The van der Waals surface area contributed by atoms with Crippen molar-refractivity contribution in [1.29, 1.82) is 0 Å². The van der Waals surface area contributed by atoms with Crippen LogP contribution in [0.25, 0.3) is 0 Å². The zero-order valence-corrected chi connectivity index (χ0v) is 17.5. The SMILES string of the molecule is CCCCOc1ccccc1C(=O)NC(=S)Nc1ccc(OCC(C)C)cc1. The second-order valence-corrected chi connectivity index (χ2v) is 7.24. The van der Waals surface area contributed by atoms with Crippen LogP contribution >= 0.6 is 12.2 Å². The Bertz CT molecular complexity index is 776. The fraction of sp³-hybridized carbons (Fsp3) is 0.364. The van der Waals surface area contributed by atoms with Crippen molar-refractivity contribution in [3.8, 4) is 11.5 Å². The van der Waals surface area contributed by atoms with Gasteiger partial charge in [-0.3, -0.25) is 10.1 Å². The molecule has 0 saturated carbocycles. The summed E-state index contributed by atoms with van der Waals surface area (Å²) in [4.78, 5) is 12.6. The number of amides is 1. The Morgan fingerprint density at radius 3 is 2.46 bits per heavy atom. The van der Waals surface area contributed by atoms with Gasteiger partial charge in [-0.05, 0) is 61.0 Å². The van der Waals surface area contributed by atoms with E-state index in [0.717, 1.165) is 24.3 Å². The van der Waals surface area contributed by atoms with Gasteiger partial charge in [0.2, 0.25) is 0 Å². The first-order chi connectivity index (χ1) is 13.5. The predicted molar refractivity (Wildman–Crippen MR) is 117 cm³/mol. The predicted octanol–water partition coefficient (Wildman–Crippen LogP) is 5.03. The molecule has 0 spiro atoms. The molecule has 0 saturated heterocycles. The molecule has 0 heterocycles. The van der Waals surface area contributed by atoms with Crippen molar-refractivity contribution in [2.75, 3.05) is 18.5 Å². The van der Waals surface area contributed by atoms with E-state index in [9.17, 15) is 4.79 Å². The lowest BCUT2D eigenvalue weighted by Gasteiger charge is -2.13. The van der Waals surface area contributed by atoms with Gasteiger partial charge in [-0.2, -0.15) is 0 Å². The van der Waals surface area contributed by atoms with Crippen molar-refractivity contribution in [1.82, 2.24) is 5.32 Å². The Morgan fingerprint density at radius 1 is 1.07 bits per heavy atom. The minimum atomic E-state index is -0.304. The molecular formula is C22H28N2O3S. The van der Waals surface area contributed by atoms with E-state index in [4.69, 9.17) is 21.7 Å². The summed E-state index contributed by atoms with van der Waals surface area (Å²) >= 11 is 5.26. The summed E-state index contributed by atoms with van der Waals surface area (Å²) in [5.41, 5.74) is 1.23. The first-order valence-corrected chi connectivity index (χ1v) is 9.97. The average Bonchev–Trinajstić information content (AvgIpc) is 2.68. The van der Waals surface area contributed by atoms with E-state index < -0.39 is 0 Å². The van der Waals surface area contributed by atoms with Crippen LogP contribution < -0.4 is 20.1 Å². The normalized spacial score (nSPS) is 10.4. The maximum Gasteiger partial charge on any atom is 0.261 e. The standard InChI is InChI=1S/C22H28N2O3S/c1-4-5-14-26-20-9-7-6-8-19(20)21(25)24-22(28)23-17-10-12-18(13-11-17)27-15-16(2)3/h6-13,16H,4-5,14-15H2,1-3H3,(H2,23,24,25,28). The minimum absolute atomic E-state index is 0.226. The van der Waals surface area contributed by atoms with Gasteiger partial charge in [0.05, 0.1) is 18.8 Å². The van der Waals surface area contributed by atoms with E-state index >= 15 is 0 Å². The number of nitrogens with one attached hydrogen (secondary N) is 2. The van der Waals surface area contributed by atoms with Gasteiger partial charge in [-0.1, -0.05) is 39.3 Å². The van der Waals surface area contributed by atoms with Gasteiger partial charge < -0.3 is 14.8 Å². The summed E-state index contributed by atoms with van der Waals surface area (Å²) < 4.78 is 11.4. The number of rotatable bonds is 9. The lowest BCUT2D eigenvalue weighted by atomic mass is 10.2. The molecule has 150 valence electrons. The molecule has 0 atom stereocenters. The fourth-order valence-corrected chi connectivity index (χ4v) is 2.55. The lowest BCUT2D eigenvalue weighted by molar-refractivity contribution is 0.0973. The van der Waals surface area contributed by atoms with Crippen LogP contribution in [0.3, 0.4) is 0 Å². The van der Waals surface area contributed by atoms with Crippen molar-refractivity contribution < 1.29 is 14.3 Å². The van der Waals surface area contributed by atoms with Gasteiger partial charge in [-0.25, -0.2) is 0 Å². The number of anilines is 1. The highest BCUT2D eigenvalue weighted by Crippen LogP contribution is 2.19. The summed E-state index contributed by atoms with van der Waals surface area (Å²) in [6.07, 6.45) is 1.97. The third-order valence-electron chi connectivity index (χ3n) is 3.81. The average molecular weight is 401 g/mol. The molecule has 6 heteroatoms. The maximum atomic E-state index is 12.6. The van der Waals surface area contributed by atoms with Gasteiger partial charge in [-0.15, -0.1) is 0 Å². The molecule has 0 aliphatic rings. The monoisotopic (exact) mass is 400 g/mol. The molecule has 2 aromatic carbocycles. The third kappa shape index (κ3) is 7.19. The van der Waals surface area contributed by atoms with Gasteiger partial charge in [0.15, 0.2) is 5.11 Å². The Kier molecular flexibility index (Phi) is 8.75. The second kappa shape index (κ2) is 11.3. The first kappa shape index (κ1) is 21.7. The summed E-state index contributed by atoms with van der Waals surface area (Å²) in [7, 11) is 0. The van der Waals surface area contributed by atoms with Crippen molar-refractivity contribution in [3.63, 3.8) is 0 Å². The molecule has 0 radical (unpaired) electrons. The zero-order valence-electron chi connectivity index (χ0n) is 16.7. The first-order valence-electron chi connectivity index (χ1n) is 9.56. The molecule has 0 aliphatic heterocycles. The number of ether oxygens (including phenoxy) is 2. The number of thiocarbonyl (C=S) groups is 1. The van der Waals surface area contributed by atoms with E-state index in [-0.39, 0.29) is 11.0 Å². The van der Waals surface area contributed by atoms with Gasteiger partial charge >= 0.3 is 0 Å². The number of hydrogen-bond acceptors (Lipinski definition) is 4. The number of para-hydroxylation sites is 1. The number of carbonyl (C=O) groups is 1. The summed E-state index contributed by atoms with van der Waals surface area (Å²) in [5.74, 6) is 1.52. The van der Waals surface area contributed by atoms with Crippen LogP contribution in [0, 0.1) is 5.92 Å². The third-order valence-corrected chi connectivity index (χ3v) is 4.01. The Hall–Kier alpha value is -2.60.